The van der Waals surface area contributed by atoms with Crippen molar-refractivity contribution in [3.8, 4) is 17.2 Å². The Morgan fingerprint density at radius 1 is 1.06 bits per heavy atom. The summed E-state index contributed by atoms with van der Waals surface area (Å²) < 4.78 is 7.24. The second-order valence-corrected chi connectivity index (χ2v) is 7.90. The lowest BCUT2D eigenvalue weighted by Gasteiger charge is -2.28. The Balaban J connectivity index is 1.41. The molecule has 0 radical (unpaired) electrons. The Morgan fingerprint density at radius 2 is 1.97 bits per heavy atom. The topological polar surface area (TPSA) is 93.9 Å². The number of hydrogen-bond donors (Lipinski definition) is 1. The van der Waals surface area contributed by atoms with E-state index in [0.717, 1.165) is 48.1 Å². The van der Waals surface area contributed by atoms with Gasteiger partial charge in [0.25, 0.3) is 5.95 Å². The molecule has 1 fully saturated rings. The third kappa shape index (κ3) is 5.15. The first-order chi connectivity index (χ1) is 16.2. The standard InChI is InChI=1S/C24H26N8O/c1-18-3-2-4-19(15-18)21-6-10-32(30-21)24-28-22(27-7-5-20-17-25-8-9-26-20)16-23(29-24)31-11-13-33-14-12-31/h2-4,6,8-10,15-17H,5,7,11-14H2,1H3,(H,27,28,29). The van der Waals surface area contributed by atoms with Crippen molar-refractivity contribution in [2.45, 2.75) is 13.3 Å². The predicted molar refractivity (Wildman–Crippen MR) is 127 cm³/mol. The highest BCUT2D eigenvalue weighted by Gasteiger charge is 2.16. The monoisotopic (exact) mass is 442 g/mol. The van der Waals surface area contributed by atoms with Gasteiger partial charge in [0, 0.05) is 62.5 Å². The van der Waals surface area contributed by atoms with Crippen LogP contribution in [0.25, 0.3) is 17.2 Å². The smallest absolute Gasteiger partial charge is 0.254 e. The zero-order valence-corrected chi connectivity index (χ0v) is 18.6. The van der Waals surface area contributed by atoms with Crippen LogP contribution in [0.3, 0.4) is 0 Å². The summed E-state index contributed by atoms with van der Waals surface area (Å²) in [6.07, 6.45) is 7.82. The van der Waals surface area contributed by atoms with Crippen molar-refractivity contribution in [3.05, 3.63) is 72.4 Å². The maximum Gasteiger partial charge on any atom is 0.254 e. The summed E-state index contributed by atoms with van der Waals surface area (Å²) in [6, 6.07) is 12.3. The summed E-state index contributed by atoms with van der Waals surface area (Å²) in [5, 5.41) is 8.16. The summed E-state index contributed by atoms with van der Waals surface area (Å²) >= 11 is 0. The molecule has 0 atom stereocenters. The molecule has 5 rings (SSSR count). The van der Waals surface area contributed by atoms with Crippen LogP contribution in [0, 0.1) is 6.92 Å². The van der Waals surface area contributed by atoms with Gasteiger partial charge in [-0.05, 0) is 19.1 Å². The third-order valence-corrected chi connectivity index (χ3v) is 5.45. The van der Waals surface area contributed by atoms with E-state index in [9.17, 15) is 0 Å². The van der Waals surface area contributed by atoms with Crippen molar-refractivity contribution in [3.63, 3.8) is 0 Å². The predicted octanol–water partition coefficient (Wildman–Crippen LogP) is 2.92. The van der Waals surface area contributed by atoms with Crippen LogP contribution in [0.15, 0.2) is 61.2 Å². The average Bonchev–Trinajstić information content (AvgIpc) is 3.36. The van der Waals surface area contributed by atoms with Gasteiger partial charge < -0.3 is 15.0 Å². The Labute approximate surface area is 192 Å². The molecule has 1 aliphatic rings. The van der Waals surface area contributed by atoms with Crippen molar-refractivity contribution >= 4 is 11.6 Å². The normalized spacial score (nSPS) is 13.8. The van der Waals surface area contributed by atoms with Gasteiger partial charge in [-0.3, -0.25) is 9.97 Å². The summed E-state index contributed by atoms with van der Waals surface area (Å²) in [5.74, 6) is 2.13. The highest BCUT2D eigenvalue weighted by Crippen LogP contribution is 2.22. The second-order valence-electron chi connectivity index (χ2n) is 7.90. The summed E-state index contributed by atoms with van der Waals surface area (Å²) in [6.45, 7) is 5.73. The number of hydrogen-bond acceptors (Lipinski definition) is 8. The highest BCUT2D eigenvalue weighted by molar-refractivity contribution is 5.60. The van der Waals surface area contributed by atoms with E-state index in [2.05, 4.69) is 45.3 Å². The van der Waals surface area contributed by atoms with Crippen molar-refractivity contribution in [2.75, 3.05) is 43.1 Å². The fourth-order valence-corrected chi connectivity index (χ4v) is 3.74. The van der Waals surface area contributed by atoms with Crippen LogP contribution in [-0.2, 0) is 11.2 Å². The molecule has 1 saturated heterocycles. The molecular weight excluding hydrogens is 416 g/mol. The third-order valence-electron chi connectivity index (χ3n) is 5.45. The van der Waals surface area contributed by atoms with Crippen molar-refractivity contribution in [2.24, 2.45) is 0 Å². The van der Waals surface area contributed by atoms with Gasteiger partial charge in [-0.2, -0.15) is 15.1 Å². The van der Waals surface area contributed by atoms with Crippen molar-refractivity contribution < 1.29 is 4.74 Å². The highest BCUT2D eigenvalue weighted by atomic mass is 16.5. The number of ether oxygens (including phenoxy) is 1. The van der Waals surface area contributed by atoms with Crippen molar-refractivity contribution in [1.29, 1.82) is 0 Å². The fraction of sp³-hybridized carbons (Fsp3) is 0.292. The maximum atomic E-state index is 5.51. The zero-order chi connectivity index (χ0) is 22.5. The lowest BCUT2D eigenvalue weighted by atomic mass is 10.1. The Morgan fingerprint density at radius 3 is 2.79 bits per heavy atom. The van der Waals surface area contributed by atoms with E-state index in [0.29, 0.717) is 25.7 Å². The number of benzene rings is 1. The van der Waals surface area contributed by atoms with E-state index in [4.69, 9.17) is 19.8 Å². The molecule has 0 spiro atoms. The molecule has 4 heterocycles. The molecule has 0 unspecified atom stereocenters. The molecule has 9 nitrogen and oxygen atoms in total. The van der Waals surface area contributed by atoms with Gasteiger partial charge in [0.1, 0.15) is 11.6 Å². The maximum absolute atomic E-state index is 5.51. The minimum absolute atomic E-state index is 0.528. The molecule has 1 N–H and O–H groups in total. The summed E-state index contributed by atoms with van der Waals surface area (Å²) in [4.78, 5) is 20.2. The SMILES string of the molecule is Cc1cccc(-c2ccn(-c3nc(NCCc4cnccn4)cc(N4CCOCC4)n3)n2)c1. The second kappa shape index (κ2) is 9.74. The molecule has 0 bridgehead atoms. The number of anilines is 2. The van der Waals surface area contributed by atoms with Gasteiger partial charge in [-0.15, -0.1) is 0 Å². The zero-order valence-electron chi connectivity index (χ0n) is 18.6. The molecule has 9 heteroatoms. The molecule has 1 aliphatic heterocycles. The minimum Gasteiger partial charge on any atom is -0.378 e. The number of morpholine rings is 1. The molecule has 3 aromatic heterocycles. The van der Waals surface area contributed by atoms with E-state index < -0.39 is 0 Å². The van der Waals surface area contributed by atoms with Crippen molar-refractivity contribution in [1.82, 2.24) is 29.7 Å². The van der Waals surface area contributed by atoms with Gasteiger partial charge in [-0.1, -0.05) is 23.8 Å². The quantitative estimate of drug-likeness (QED) is 0.467. The van der Waals surface area contributed by atoms with Crippen LogP contribution >= 0.6 is 0 Å². The molecule has 0 aliphatic carbocycles. The average molecular weight is 443 g/mol. The summed E-state index contributed by atoms with van der Waals surface area (Å²) in [7, 11) is 0. The molecule has 0 saturated carbocycles. The van der Waals surface area contributed by atoms with Gasteiger partial charge >= 0.3 is 0 Å². The van der Waals surface area contributed by atoms with E-state index in [1.165, 1.54) is 5.56 Å². The minimum atomic E-state index is 0.528. The number of rotatable bonds is 7. The number of nitrogens with one attached hydrogen (secondary N) is 1. The van der Waals surface area contributed by atoms with Crippen LogP contribution in [0.2, 0.25) is 0 Å². The van der Waals surface area contributed by atoms with Crippen LogP contribution in [0.5, 0.6) is 0 Å². The van der Waals surface area contributed by atoms with Gasteiger partial charge in [0.2, 0.25) is 0 Å². The number of aryl methyl sites for hydroxylation is 1. The lowest BCUT2D eigenvalue weighted by molar-refractivity contribution is 0.122. The Bertz CT molecular complexity index is 1200. The van der Waals surface area contributed by atoms with Gasteiger partial charge in [0.15, 0.2) is 0 Å². The van der Waals surface area contributed by atoms with E-state index in [1.54, 1.807) is 23.3 Å². The van der Waals surface area contributed by atoms with Crippen LogP contribution in [-0.4, -0.2) is 62.6 Å². The van der Waals surface area contributed by atoms with E-state index >= 15 is 0 Å². The molecule has 33 heavy (non-hydrogen) atoms. The first-order valence-corrected chi connectivity index (χ1v) is 11.1. The Hall–Kier alpha value is -3.85. The largest absolute Gasteiger partial charge is 0.378 e. The van der Waals surface area contributed by atoms with Crippen LogP contribution in [0.4, 0.5) is 11.6 Å². The van der Waals surface area contributed by atoms with Crippen LogP contribution < -0.4 is 10.2 Å². The number of aromatic nitrogens is 6. The molecule has 0 amide bonds. The molecule has 4 aromatic rings. The van der Waals surface area contributed by atoms with E-state index in [-0.39, 0.29) is 0 Å². The molecule has 168 valence electrons. The molecule has 1 aromatic carbocycles. The number of nitrogens with zero attached hydrogens (tertiary/aromatic N) is 7. The van der Waals surface area contributed by atoms with E-state index in [1.807, 2.05) is 24.4 Å². The fourth-order valence-electron chi connectivity index (χ4n) is 3.74. The first kappa shape index (κ1) is 21.0. The molecular formula is C24H26N8O. The van der Waals surface area contributed by atoms with Gasteiger partial charge in [0.05, 0.1) is 24.6 Å². The van der Waals surface area contributed by atoms with Crippen LogP contribution in [0.1, 0.15) is 11.3 Å². The first-order valence-electron chi connectivity index (χ1n) is 11.1. The lowest BCUT2D eigenvalue weighted by Crippen LogP contribution is -2.37. The summed E-state index contributed by atoms with van der Waals surface area (Å²) in [5.41, 5.74) is 4.08. The van der Waals surface area contributed by atoms with Gasteiger partial charge in [-0.25, -0.2) is 4.68 Å². The Kier molecular flexibility index (Phi) is 6.21.